The van der Waals surface area contributed by atoms with Gasteiger partial charge in [0.15, 0.2) is 0 Å². The molecule has 0 aliphatic heterocycles. The Bertz CT molecular complexity index is 280. The highest BCUT2D eigenvalue weighted by Gasteiger charge is 2.18. The summed E-state index contributed by atoms with van der Waals surface area (Å²) in [6.45, 7) is 6.88. The molecule has 0 saturated carbocycles. The highest BCUT2D eigenvalue weighted by molar-refractivity contribution is 5.20. The maximum absolute atomic E-state index is 2.43. The predicted octanol–water partition coefficient (Wildman–Crippen LogP) is 5.67. The fraction of sp³-hybridized carbons (Fsp3) is 0.647. The Morgan fingerprint density at radius 1 is 1.41 bits per heavy atom. The van der Waals surface area contributed by atoms with Crippen LogP contribution in [0.2, 0.25) is 0 Å². The van der Waals surface area contributed by atoms with Gasteiger partial charge in [0, 0.05) is 0 Å². The Kier molecular flexibility index (Phi) is 7.00. The van der Waals surface area contributed by atoms with Gasteiger partial charge in [-0.05, 0) is 50.9 Å². The lowest BCUT2D eigenvalue weighted by molar-refractivity contribution is 0.351. The zero-order valence-electron chi connectivity index (χ0n) is 11.8. The molecule has 0 aromatic rings. The molecular weight excluding hydrogens is 204 g/mol. The van der Waals surface area contributed by atoms with Crippen molar-refractivity contribution in [2.45, 2.75) is 59.3 Å². The van der Waals surface area contributed by atoms with Gasteiger partial charge in [-0.3, -0.25) is 0 Å². The number of allylic oxidation sites excluding steroid dienone is 6. The fourth-order valence-corrected chi connectivity index (χ4v) is 2.78. The highest BCUT2D eigenvalue weighted by atomic mass is 14.2. The van der Waals surface area contributed by atoms with Crippen molar-refractivity contribution in [2.24, 2.45) is 11.8 Å². The van der Waals surface area contributed by atoms with Gasteiger partial charge in [-0.1, -0.05) is 56.2 Å². The van der Waals surface area contributed by atoms with Crippen molar-refractivity contribution in [1.82, 2.24) is 0 Å². The number of unbranched alkanes of at least 4 members (excludes halogenated alkanes) is 1. The molecule has 0 aromatic carbocycles. The summed E-state index contributed by atoms with van der Waals surface area (Å²) in [6, 6.07) is 0. The van der Waals surface area contributed by atoms with Crippen LogP contribution in [0.1, 0.15) is 59.3 Å². The molecule has 1 aliphatic carbocycles. The maximum Gasteiger partial charge on any atom is -0.0200 e. The van der Waals surface area contributed by atoms with E-state index in [-0.39, 0.29) is 0 Å². The molecule has 1 aliphatic rings. The van der Waals surface area contributed by atoms with Gasteiger partial charge in [0.05, 0.1) is 0 Å². The molecule has 96 valence electrons. The largest absolute Gasteiger partial charge is 0.0917 e. The molecule has 17 heavy (non-hydrogen) atoms. The van der Waals surface area contributed by atoms with E-state index in [0.717, 1.165) is 11.8 Å². The van der Waals surface area contributed by atoms with Crippen LogP contribution in [0, 0.1) is 11.8 Å². The van der Waals surface area contributed by atoms with Crippen LogP contribution in [-0.4, -0.2) is 0 Å². The van der Waals surface area contributed by atoms with Crippen molar-refractivity contribution in [3.8, 4) is 0 Å². The van der Waals surface area contributed by atoms with E-state index in [1.807, 2.05) is 0 Å². The Balaban J connectivity index is 2.42. The average Bonchev–Trinajstić information content (AvgIpc) is 2.39. The predicted molar refractivity (Wildman–Crippen MR) is 78.1 cm³/mol. The lowest BCUT2D eigenvalue weighted by atomic mass is 9.79. The third-order valence-electron chi connectivity index (χ3n) is 4.04. The SMILES string of the molecule is C/C=C\CCCC(CC)C(C)C1=CC=CCC1. The second-order valence-corrected chi connectivity index (χ2v) is 5.17. The first-order valence-electron chi connectivity index (χ1n) is 7.26. The molecule has 0 heterocycles. The molecule has 2 atom stereocenters. The van der Waals surface area contributed by atoms with Gasteiger partial charge >= 0.3 is 0 Å². The van der Waals surface area contributed by atoms with Crippen LogP contribution < -0.4 is 0 Å². The van der Waals surface area contributed by atoms with E-state index in [9.17, 15) is 0 Å². The number of hydrogen-bond acceptors (Lipinski definition) is 0. The van der Waals surface area contributed by atoms with E-state index in [4.69, 9.17) is 0 Å². The Morgan fingerprint density at radius 2 is 2.24 bits per heavy atom. The first-order chi connectivity index (χ1) is 8.29. The first kappa shape index (κ1) is 14.3. The third-order valence-corrected chi connectivity index (χ3v) is 4.04. The van der Waals surface area contributed by atoms with E-state index in [1.165, 1.54) is 38.5 Å². The van der Waals surface area contributed by atoms with Crippen LogP contribution in [-0.2, 0) is 0 Å². The molecule has 0 aromatic heterocycles. The zero-order chi connectivity index (χ0) is 12.5. The number of rotatable bonds is 7. The zero-order valence-corrected chi connectivity index (χ0v) is 11.8. The molecule has 2 unspecified atom stereocenters. The monoisotopic (exact) mass is 232 g/mol. The highest BCUT2D eigenvalue weighted by Crippen LogP contribution is 2.31. The molecule has 0 amide bonds. The molecule has 0 bridgehead atoms. The topological polar surface area (TPSA) is 0 Å². The summed E-state index contributed by atoms with van der Waals surface area (Å²) in [5.41, 5.74) is 1.67. The van der Waals surface area contributed by atoms with E-state index in [1.54, 1.807) is 5.57 Å². The molecule has 0 nitrogen and oxygen atoms in total. The van der Waals surface area contributed by atoms with Crippen LogP contribution in [0.15, 0.2) is 36.0 Å². The van der Waals surface area contributed by atoms with E-state index in [0.29, 0.717) is 0 Å². The third kappa shape index (κ3) is 4.93. The van der Waals surface area contributed by atoms with Gasteiger partial charge in [-0.15, -0.1) is 0 Å². The Morgan fingerprint density at radius 3 is 2.82 bits per heavy atom. The second-order valence-electron chi connectivity index (χ2n) is 5.17. The van der Waals surface area contributed by atoms with E-state index in [2.05, 4.69) is 51.2 Å². The van der Waals surface area contributed by atoms with E-state index < -0.39 is 0 Å². The van der Waals surface area contributed by atoms with Crippen LogP contribution in [0.3, 0.4) is 0 Å². The minimum absolute atomic E-state index is 0.774. The summed E-state index contributed by atoms with van der Waals surface area (Å²) in [5.74, 6) is 1.65. The summed E-state index contributed by atoms with van der Waals surface area (Å²) >= 11 is 0. The smallest absolute Gasteiger partial charge is 0.0200 e. The van der Waals surface area contributed by atoms with Crippen LogP contribution in [0.25, 0.3) is 0 Å². The van der Waals surface area contributed by atoms with Gasteiger partial charge in [0.25, 0.3) is 0 Å². The molecule has 0 saturated heterocycles. The van der Waals surface area contributed by atoms with Gasteiger partial charge in [0.2, 0.25) is 0 Å². The molecule has 0 fully saturated rings. The minimum atomic E-state index is 0.774. The summed E-state index contributed by atoms with van der Waals surface area (Å²) < 4.78 is 0. The van der Waals surface area contributed by atoms with Gasteiger partial charge in [-0.2, -0.15) is 0 Å². The normalized spacial score (nSPS) is 19.4. The molecule has 1 rings (SSSR count). The molecular formula is C17H28. The minimum Gasteiger partial charge on any atom is -0.0917 e. The van der Waals surface area contributed by atoms with Gasteiger partial charge < -0.3 is 0 Å². The molecule has 0 heteroatoms. The van der Waals surface area contributed by atoms with E-state index >= 15 is 0 Å². The van der Waals surface area contributed by atoms with Crippen LogP contribution in [0.4, 0.5) is 0 Å². The van der Waals surface area contributed by atoms with Gasteiger partial charge in [0.1, 0.15) is 0 Å². The Labute approximate surface area is 108 Å². The summed E-state index contributed by atoms with van der Waals surface area (Å²) in [4.78, 5) is 0. The standard InChI is InChI=1S/C17H28/c1-4-6-7-9-12-16(5-2)15(3)17-13-10-8-11-14-17/h4,6,8,10,13,15-16H,5,7,9,11-12,14H2,1-3H3/b6-4-. The second kappa shape index (κ2) is 8.33. The van der Waals surface area contributed by atoms with Crippen molar-refractivity contribution in [1.29, 1.82) is 0 Å². The molecule has 0 spiro atoms. The van der Waals surface area contributed by atoms with Crippen molar-refractivity contribution in [3.05, 3.63) is 36.0 Å². The average molecular weight is 232 g/mol. The van der Waals surface area contributed by atoms with Gasteiger partial charge in [-0.25, -0.2) is 0 Å². The Hall–Kier alpha value is -0.780. The molecule has 0 radical (unpaired) electrons. The lowest BCUT2D eigenvalue weighted by Crippen LogP contribution is -2.14. The molecule has 0 N–H and O–H groups in total. The number of hydrogen-bond donors (Lipinski definition) is 0. The quantitative estimate of drug-likeness (QED) is 0.392. The summed E-state index contributed by atoms with van der Waals surface area (Å²) in [7, 11) is 0. The van der Waals surface area contributed by atoms with Crippen molar-refractivity contribution in [3.63, 3.8) is 0 Å². The van der Waals surface area contributed by atoms with Crippen LogP contribution in [0.5, 0.6) is 0 Å². The maximum atomic E-state index is 2.43. The van der Waals surface area contributed by atoms with Crippen LogP contribution >= 0.6 is 0 Å². The fourth-order valence-electron chi connectivity index (χ4n) is 2.78. The lowest BCUT2D eigenvalue weighted by Gasteiger charge is -2.26. The van der Waals surface area contributed by atoms with Crippen molar-refractivity contribution >= 4 is 0 Å². The first-order valence-corrected chi connectivity index (χ1v) is 7.26. The summed E-state index contributed by atoms with van der Waals surface area (Å²) in [6.07, 6.45) is 19.1. The summed E-state index contributed by atoms with van der Waals surface area (Å²) in [5, 5.41) is 0. The van der Waals surface area contributed by atoms with Crippen molar-refractivity contribution in [2.75, 3.05) is 0 Å². The van der Waals surface area contributed by atoms with Crippen molar-refractivity contribution < 1.29 is 0 Å².